The van der Waals surface area contributed by atoms with E-state index < -0.39 is 0 Å². The average molecular weight is 220 g/mol. The molecule has 0 bridgehead atoms. The third kappa shape index (κ3) is 3.94. The summed E-state index contributed by atoms with van der Waals surface area (Å²) in [5, 5.41) is 8.38. The molecule has 0 saturated heterocycles. The molecule has 1 aromatic rings. The largest absolute Gasteiger partial charge is 0.300 e. The van der Waals surface area contributed by atoms with Crippen LogP contribution >= 0.6 is 36.4 Å². The summed E-state index contributed by atoms with van der Waals surface area (Å²) in [4.78, 5) is 1.13. The van der Waals surface area contributed by atoms with Gasteiger partial charge in [-0.15, -0.1) is 12.6 Å². The number of aromatic nitrogens is 1. The van der Waals surface area contributed by atoms with Crippen LogP contribution in [0.1, 0.15) is 4.88 Å². The van der Waals surface area contributed by atoms with E-state index in [1.165, 1.54) is 11.5 Å². The van der Waals surface area contributed by atoms with Crippen molar-refractivity contribution >= 4 is 95.5 Å². The van der Waals surface area contributed by atoms with Crippen molar-refractivity contribution in [1.82, 2.24) is 4.37 Å². The minimum Gasteiger partial charge on any atom is -0.300 e. The second-order valence-electron chi connectivity index (χ2n) is 1.32. The fourth-order valence-electron chi connectivity index (χ4n) is 0.373. The molecular formula is C4H2N2Na2S3. The summed E-state index contributed by atoms with van der Waals surface area (Å²) in [5.74, 6) is 0. The van der Waals surface area contributed by atoms with Crippen LogP contribution in [0.3, 0.4) is 0 Å². The number of nitrogens with zero attached hydrogens (tertiary/aromatic N) is 1. The van der Waals surface area contributed by atoms with Gasteiger partial charge < -0.3 is 0 Å². The molecule has 2 radical (unpaired) electrons. The summed E-state index contributed by atoms with van der Waals surface area (Å²) in [5.41, 5.74) is 0. The first-order valence-corrected chi connectivity index (χ1v) is 3.73. The molecule has 1 heterocycles. The van der Waals surface area contributed by atoms with E-state index in [9.17, 15) is 0 Å². The predicted octanol–water partition coefficient (Wildman–Crippen LogP) is 1.20. The summed E-state index contributed by atoms with van der Waals surface area (Å²) in [6.45, 7) is 0. The quantitative estimate of drug-likeness (QED) is 0.392. The minimum absolute atomic E-state index is 0. The van der Waals surface area contributed by atoms with Crippen molar-refractivity contribution in [3.8, 4) is 6.07 Å². The maximum absolute atomic E-state index is 8.38. The maximum atomic E-state index is 8.38. The van der Waals surface area contributed by atoms with E-state index in [-0.39, 0.29) is 59.1 Å². The van der Waals surface area contributed by atoms with Crippen molar-refractivity contribution in [3.63, 3.8) is 0 Å². The Morgan fingerprint density at radius 3 is 2.27 bits per heavy atom. The molecule has 0 aliphatic carbocycles. The van der Waals surface area contributed by atoms with Gasteiger partial charge in [-0.05, 0) is 11.5 Å². The van der Waals surface area contributed by atoms with E-state index in [1.54, 1.807) is 0 Å². The van der Waals surface area contributed by atoms with E-state index in [0.29, 0.717) is 14.4 Å². The Bertz CT molecular complexity index is 310. The molecule has 1 rings (SSSR count). The molecule has 0 atom stereocenters. The molecule has 0 unspecified atom stereocenters. The van der Waals surface area contributed by atoms with Gasteiger partial charge in [0, 0.05) is 59.1 Å². The summed E-state index contributed by atoms with van der Waals surface area (Å²) >= 11 is 9.97. The molecule has 0 aliphatic rings. The van der Waals surface area contributed by atoms with Crippen LogP contribution in [0.15, 0.2) is 4.90 Å². The predicted molar refractivity (Wildman–Crippen MR) is 53.0 cm³/mol. The van der Waals surface area contributed by atoms with E-state index in [4.69, 9.17) is 17.5 Å². The Labute approximate surface area is 124 Å². The zero-order valence-corrected chi connectivity index (χ0v) is 12.7. The minimum atomic E-state index is 0. The van der Waals surface area contributed by atoms with Crippen molar-refractivity contribution in [2.45, 2.75) is 4.90 Å². The molecule has 7 heteroatoms. The Morgan fingerprint density at radius 2 is 2.09 bits per heavy atom. The monoisotopic (exact) mass is 220 g/mol. The molecule has 0 aromatic carbocycles. The first-order valence-electron chi connectivity index (χ1n) is 2.06. The Morgan fingerprint density at radius 1 is 1.55 bits per heavy atom. The van der Waals surface area contributed by atoms with Crippen molar-refractivity contribution in [3.05, 3.63) is 9.52 Å². The van der Waals surface area contributed by atoms with Gasteiger partial charge in [-0.3, -0.25) is 4.37 Å². The van der Waals surface area contributed by atoms with Crippen LogP contribution in [-0.2, 0) is 0 Å². The molecule has 48 valence electrons. The first-order chi connectivity index (χ1) is 4.25. The van der Waals surface area contributed by atoms with Gasteiger partial charge in [-0.25, -0.2) is 0 Å². The fraction of sp³-hybridized carbons (Fsp3) is 0. The zero-order chi connectivity index (χ0) is 6.85. The molecule has 11 heavy (non-hydrogen) atoms. The molecule has 0 spiro atoms. The normalized spacial score (nSPS) is 7.27. The summed E-state index contributed by atoms with van der Waals surface area (Å²) in [6, 6.07) is 1.96. The van der Waals surface area contributed by atoms with Crippen molar-refractivity contribution in [2.75, 3.05) is 0 Å². The topological polar surface area (TPSA) is 39.6 Å². The second-order valence-corrected chi connectivity index (χ2v) is 2.99. The van der Waals surface area contributed by atoms with Gasteiger partial charge in [0.2, 0.25) is 0 Å². The van der Waals surface area contributed by atoms with Gasteiger partial charge >= 0.3 is 0 Å². The van der Waals surface area contributed by atoms with Crippen molar-refractivity contribution in [1.29, 1.82) is 5.26 Å². The number of hydrogen-bond donors (Lipinski definition) is 2. The number of thiol groups is 1. The molecule has 0 aliphatic heterocycles. The van der Waals surface area contributed by atoms with E-state index in [0.717, 1.165) is 0 Å². The number of nitriles is 1. The first kappa shape index (κ1) is 15.2. The molecule has 1 aromatic heterocycles. The van der Waals surface area contributed by atoms with Crippen LogP contribution < -0.4 is 0 Å². The number of nitrogens with one attached hydrogen (secondary N) is 1. The molecular weight excluding hydrogens is 218 g/mol. The third-order valence-electron chi connectivity index (χ3n) is 0.777. The summed E-state index contributed by atoms with van der Waals surface area (Å²) < 4.78 is 3.29. The van der Waals surface area contributed by atoms with Gasteiger partial charge in [-0.2, -0.15) is 5.26 Å². The zero-order valence-electron chi connectivity index (χ0n) is 6.21. The second kappa shape index (κ2) is 7.13. The molecule has 0 amide bonds. The number of aromatic amines is 1. The molecule has 0 fully saturated rings. The van der Waals surface area contributed by atoms with Crippen LogP contribution in [0.5, 0.6) is 0 Å². The Balaban J connectivity index is 0. The maximum Gasteiger partial charge on any atom is 0.138 e. The van der Waals surface area contributed by atoms with Gasteiger partial charge in [0.15, 0.2) is 0 Å². The third-order valence-corrected chi connectivity index (χ3v) is 2.77. The van der Waals surface area contributed by atoms with Crippen LogP contribution in [0.2, 0.25) is 0 Å². The molecule has 2 nitrogen and oxygen atoms in total. The van der Waals surface area contributed by atoms with Gasteiger partial charge in [-0.1, -0.05) is 12.2 Å². The van der Waals surface area contributed by atoms with Crippen molar-refractivity contribution < 1.29 is 0 Å². The molecule has 0 saturated carbocycles. The number of H-pyrrole nitrogens is 1. The van der Waals surface area contributed by atoms with Crippen LogP contribution in [0.4, 0.5) is 0 Å². The van der Waals surface area contributed by atoms with E-state index in [2.05, 4.69) is 17.0 Å². The smallest absolute Gasteiger partial charge is 0.138 e. The average Bonchev–Trinajstić information content (AvgIpc) is 2.15. The number of hydrogen-bond acceptors (Lipinski definition) is 4. The SMILES string of the molecule is N#Cc1s[nH]c(=S)c1S.[Na].[Na]. The van der Waals surface area contributed by atoms with E-state index in [1.807, 2.05) is 6.07 Å². The molecule has 1 N–H and O–H groups in total. The van der Waals surface area contributed by atoms with Gasteiger partial charge in [0.05, 0.1) is 4.90 Å². The summed E-state index contributed by atoms with van der Waals surface area (Å²) in [6.07, 6.45) is 0. The Hall–Kier alpha value is 1.69. The van der Waals surface area contributed by atoms with Crippen LogP contribution in [0.25, 0.3) is 0 Å². The van der Waals surface area contributed by atoms with Crippen LogP contribution in [-0.4, -0.2) is 63.5 Å². The van der Waals surface area contributed by atoms with Crippen LogP contribution in [0, 0.1) is 16.0 Å². The fourth-order valence-corrected chi connectivity index (χ4v) is 1.52. The van der Waals surface area contributed by atoms with Gasteiger partial charge in [0.25, 0.3) is 0 Å². The number of rotatable bonds is 0. The standard InChI is InChI=1S/C4H2N2S3.2Na/c5-1-2-3(7)4(8)6-9-2;;/h7H,(H,6,8);;. The van der Waals surface area contributed by atoms with Gasteiger partial charge in [0.1, 0.15) is 15.6 Å². The Kier molecular flexibility index (Phi) is 9.83. The summed E-state index contributed by atoms with van der Waals surface area (Å²) in [7, 11) is 0. The van der Waals surface area contributed by atoms with E-state index >= 15 is 0 Å². The van der Waals surface area contributed by atoms with Crippen molar-refractivity contribution in [2.24, 2.45) is 0 Å².